The predicted octanol–water partition coefficient (Wildman–Crippen LogP) is 5.89. The van der Waals surface area contributed by atoms with Gasteiger partial charge < -0.3 is 18.9 Å². The van der Waals surface area contributed by atoms with E-state index >= 15 is 0 Å². The summed E-state index contributed by atoms with van der Waals surface area (Å²) in [4.78, 5) is -6.25. The molecule has 0 aliphatic heterocycles. The molecule has 0 radical (unpaired) electrons. The highest BCUT2D eigenvalue weighted by Crippen LogP contribution is 2.36. The maximum atomic E-state index is 14.8. The van der Waals surface area contributed by atoms with Crippen LogP contribution < -0.4 is 18.9 Å². The number of rotatable bonds is 14. The van der Waals surface area contributed by atoms with Gasteiger partial charge in [0.05, 0.1) is 77.4 Å². The van der Waals surface area contributed by atoms with Crippen LogP contribution in [0.2, 0.25) is 0 Å². The Balaban J connectivity index is 1.63. The molecule has 0 spiro atoms. The maximum absolute atomic E-state index is 14.8. The molecule has 308 valence electrons. The SMILES string of the molecule is COc1ccc(S(=O)(=O)c2cc(S(=O)(=O)c3ccc(OC)cc3)cc(S(=O)(=O)c3cc(S(=O)(=O)c4ccc(OC)cc4)cc(S(=O)(=O)c4ccc(OC)cc4)c3)c2)cc1. The molecule has 6 aromatic carbocycles. The van der Waals surface area contributed by atoms with E-state index in [1.807, 2.05) is 0 Å². The fourth-order valence-electron chi connectivity index (χ4n) is 5.72. The van der Waals surface area contributed by atoms with Crippen molar-refractivity contribution in [3.63, 3.8) is 0 Å². The van der Waals surface area contributed by atoms with Crippen LogP contribution in [0.4, 0.5) is 0 Å². The summed E-state index contributed by atoms with van der Waals surface area (Å²) in [6.45, 7) is 0. The van der Waals surface area contributed by atoms with Crippen LogP contribution in [-0.4, -0.2) is 70.5 Å². The van der Waals surface area contributed by atoms with Crippen LogP contribution >= 0.6 is 0 Å². The van der Waals surface area contributed by atoms with Crippen LogP contribution in [-0.2, 0) is 49.2 Å². The number of hydrogen-bond donors (Lipinski definition) is 0. The Morgan fingerprint density at radius 3 is 0.508 bits per heavy atom. The molecule has 0 amide bonds. The highest BCUT2D eigenvalue weighted by atomic mass is 32.2. The second-order valence-corrected chi connectivity index (χ2v) is 22.2. The van der Waals surface area contributed by atoms with Crippen molar-refractivity contribution in [2.45, 2.75) is 49.0 Å². The van der Waals surface area contributed by atoms with Gasteiger partial charge in [-0.15, -0.1) is 0 Å². The summed E-state index contributed by atoms with van der Waals surface area (Å²) in [5, 5.41) is 0. The Bertz CT molecular complexity index is 2710. The molecule has 0 unspecified atom stereocenters. The van der Waals surface area contributed by atoms with Gasteiger partial charge in [-0.1, -0.05) is 0 Å². The largest absolute Gasteiger partial charge is 0.497 e. The molecule has 6 rings (SSSR count). The molecule has 0 heterocycles. The van der Waals surface area contributed by atoms with Crippen molar-refractivity contribution in [3.05, 3.63) is 133 Å². The molecule has 0 fully saturated rings. The van der Waals surface area contributed by atoms with Gasteiger partial charge in [0.15, 0.2) is 0 Å². The summed E-state index contributed by atoms with van der Waals surface area (Å²) in [7, 11) is -18.4. The molecule has 0 N–H and O–H groups in total. The van der Waals surface area contributed by atoms with E-state index in [9.17, 15) is 42.1 Å². The molecule has 0 saturated carbocycles. The third kappa shape index (κ3) is 8.28. The minimum Gasteiger partial charge on any atom is -0.497 e. The van der Waals surface area contributed by atoms with E-state index in [1.54, 1.807) is 0 Å². The topological polar surface area (TPSA) is 208 Å². The molecular formula is C40H34O14S5. The zero-order valence-electron chi connectivity index (χ0n) is 31.5. The summed E-state index contributed by atoms with van der Waals surface area (Å²) in [5.74, 6) is 1.20. The first-order chi connectivity index (χ1) is 27.8. The molecule has 19 heteroatoms. The van der Waals surface area contributed by atoms with Gasteiger partial charge in [0.25, 0.3) is 0 Å². The quantitative estimate of drug-likeness (QED) is 0.125. The van der Waals surface area contributed by atoms with Gasteiger partial charge in [0.1, 0.15) is 23.0 Å². The Morgan fingerprint density at radius 2 is 0.373 bits per heavy atom. The highest BCUT2D eigenvalue weighted by molar-refractivity contribution is 7.94. The number of sulfone groups is 5. The Labute approximate surface area is 342 Å². The lowest BCUT2D eigenvalue weighted by Crippen LogP contribution is -2.12. The fraction of sp³-hybridized carbons (Fsp3) is 0.100. The summed E-state index contributed by atoms with van der Waals surface area (Å²) < 4.78 is 163. The van der Waals surface area contributed by atoms with Crippen molar-refractivity contribution in [2.24, 2.45) is 0 Å². The molecule has 0 aliphatic carbocycles. The highest BCUT2D eigenvalue weighted by Gasteiger charge is 2.32. The fourth-order valence-corrected chi connectivity index (χ4v) is 12.9. The third-order valence-corrected chi connectivity index (χ3v) is 17.8. The van der Waals surface area contributed by atoms with Crippen molar-refractivity contribution < 1.29 is 61.0 Å². The number of hydrogen-bond acceptors (Lipinski definition) is 14. The number of ether oxygens (including phenoxy) is 4. The van der Waals surface area contributed by atoms with Gasteiger partial charge in [-0.25, -0.2) is 42.1 Å². The lowest BCUT2D eigenvalue weighted by atomic mass is 10.3. The molecule has 0 saturated heterocycles. The third-order valence-electron chi connectivity index (χ3n) is 9.05. The zero-order valence-corrected chi connectivity index (χ0v) is 35.5. The smallest absolute Gasteiger partial charge is 0.206 e. The van der Waals surface area contributed by atoms with Gasteiger partial charge in [0.2, 0.25) is 49.2 Å². The summed E-state index contributed by atoms with van der Waals surface area (Å²) in [6.07, 6.45) is 0. The number of methoxy groups -OCH3 is 4. The lowest BCUT2D eigenvalue weighted by molar-refractivity contribution is 0.414. The van der Waals surface area contributed by atoms with E-state index in [4.69, 9.17) is 18.9 Å². The molecule has 6 aromatic rings. The Hall–Kier alpha value is -5.73. The molecule has 0 aliphatic rings. The van der Waals surface area contributed by atoms with E-state index in [2.05, 4.69) is 0 Å². The average Bonchev–Trinajstić information content (AvgIpc) is 3.26. The first kappa shape index (κ1) is 42.9. The van der Waals surface area contributed by atoms with Crippen molar-refractivity contribution in [1.82, 2.24) is 0 Å². The standard InChI is InChI=1S/C40H34O14S5/c1-51-27-5-13-31(14-6-27)55(41,42)35-21-36(56(43,44)32-15-7-28(52-2)8-16-32)24-39(23-35)59(49,50)40-25-37(57(45,46)33-17-9-29(53-3)10-18-33)22-38(26-40)58(47,48)34-19-11-30(54-4)12-20-34/h5-26H,1-4H3. The normalized spacial score (nSPS) is 12.4. The van der Waals surface area contributed by atoms with E-state index < -0.39 is 78.6 Å². The molecule has 59 heavy (non-hydrogen) atoms. The van der Waals surface area contributed by atoms with Gasteiger partial charge in [-0.2, -0.15) is 0 Å². The first-order valence-corrected chi connectivity index (χ1v) is 24.3. The minimum atomic E-state index is -5.18. The van der Waals surface area contributed by atoms with Crippen molar-refractivity contribution in [3.8, 4) is 23.0 Å². The van der Waals surface area contributed by atoms with Crippen molar-refractivity contribution in [1.29, 1.82) is 0 Å². The molecule has 0 bridgehead atoms. The van der Waals surface area contributed by atoms with Crippen LogP contribution in [0.1, 0.15) is 0 Å². The van der Waals surface area contributed by atoms with Gasteiger partial charge in [0, 0.05) is 0 Å². The minimum absolute atomic E-state index is 0.299. The van der Waals surface area contributed by atoms with Crippen LogP contribution in [0.25, 0.3) is 0 Å². The van der Waals surface area contributed by atoms with Crippen LogP contribution in [0.3, 0.4) is 0 Å². The summed E-state index contributed by atoms with van der Waals surface area (Å²) in [6, 6.07) is 24.5. The molecule has 0 aromatic heterocycles. The Kier molecular flexibility index (Phi) is 11.7. The van der Waals surface area contributed by atoms with E-state index in [0.29, 0.717) is 47.3 Å². The molecule has 0 atom stereocenters. The van der Waals surface area contributed by atoms with E-state index in [0.717, 1.165) is 12.1 Å². The summed E-state index contributed by atoms with van der Waals surface area (Å²) >= 11 is 0. The average molecular weight is 899 g/mol. The molecular weight excluding hydrogens is 865 g/mol. The second-order valence-electron chi connectivity index (χ2n) is 12.5. The van der Waals surface area contributed by atoms with Crippen LogP contribution in [0.15, 0.2) is 182 Å². The van der Waals surface area contributed by atoms with Gasteiger partial charge >= 0.3 is 0 Å². The maximum Gasteiger partial charge on any atom is 0.206 e. The summed E-state index contributed by atoms with van der Waals surface area (Å²) in [5.41, 5.74) is 0. The zero-order chi connectivity index (χ0) is 43.0. The van der Waals surface area contributed by atoms with Gasteiger partial charge in [-0.05, 0) is 133 Å². The van der Waals surface area contributed by atoms with Crippen molar-refractivity contribution in [2.75, 3.05) is 28.4 Å². The molecule has 14 nitrogen and oxygen atoms in total. The van der Waals surface area contributed by atoms with Gasteiger partial charge in [-0.3, -0.25) is 0 Å². The van der Waals surface area contributed by atoms with E-state index in [1.165, 1.54) is 126 Å². The second kappa shape index (κ2) is 16.1. The van der Waals surface area contributed by atoms with Crippen LogP contribution in [0.5, 0.6) is 23.0 Å². The number of benzene rings is 6. The first-order valence-electron chi connectivity index (χ1n) is 16.9. The monoisotopic (exact) mass is 898 g/mol. The van der Waals surface area contributed by atoms with Crippen LogP contribution in [0, 0.1) is 0 Å². The van der Waals surface area contributed by atoms with Crippen molar-refractivity contribution >= 4 is 49.2 Å². The lowest BCUT2D eigenvalue weighted by Gasteiger charge is -2.15. The Morgan fingerprint density at radius 1 is 0.237 bits per heavy atom. The predicted molar refractivity (Wildman–Crippen MR) is 212 cm³/mol. The van der Waals surface area contributed by atoms with E-state index in [-0.39, 0.29) is 19.6 Å².